The third-order valence-electron chi connectivity index (χ3n) is 4.18. The number of nitrogens with zero attached hydrogens (tertiary/aromatic N) is 3. The van der Waals surface area contributed by atoms with E-state index in [4.69, 9.17) is 10.1 Å². The molecule has 0 saturated heterocycles. The van der Waals surface area contributed by atoms with Gasteiger partial charge in [0.25, 0.3) is 0 Å². The number of pyridine rings is 1. The molecule has 5 heteroatoms. The maximum absolute atomic E-state index is 11.1. The van der Waals surface area contributed by atoms with Crippen molar-refractivity contribution in [3.05, 3.63) is 24.3 Å². The number of aliphatic carboxylic acids is 1. The minimum Gasteiger partial charge on any atom is -0.481 e. The topological polar surface area (TPSA) is 68.0 Å². The number of carbonyl (C=O) groups is 1. The maximum Gasteiger partial charge on any atom is 0.306 e. The van der Waals surface area contributed by atoms with Crippen LogP contribution in [0.15, 0.2) is 18.5 Å². The maximum atomic E-state index is 11.1. The van der Waals surface area contributed by atoms with Crippen LogP contribution in [-0.4, -0.2) is 25.6 Å². The fraction of sp³-hybridized carbons (Fsp3) is 0.533. The molecule has 2 aromatic heterocycles. The van der Waals surface area contributed by atoms with Gasteiger partial charge < -0.3 is 9.67 Å². The van der Waals surface area contributed by atoms with Crippen LogP contribution in [-0.2, 0) is 4.79 Å². The molecule has 2 unspecified atom stereocenters. The zero-order valence-corrected chi connectivity index (χ0v) is 11.8. The summed E-state index contributed by atoms with van der Waals surface area (Å²) in [6, 6.07) is 2.29. The number of fused-ring (bicyclic) bond motifs is 1. The summed E-state index contributed by atoms with van der Waals surface area (Å²) in [5, 5.41) is 9.16. The Bertz CT molecular complexity index is 648. The number of rotatable bonds is 3. The highest BCUT2D eigenvalue weighted by Crippen LogP contribution is 2.39. The molecule has 106 valence electrons. The van der Waals surface area contributed by atoms with Gasteiger partial charge in [-0.1, -0.05) is 0 Å². The summed E-state index contributed by atoms with van der Waals surface area (Å²) in [7, 11) is 0. The van der Waals surface area contributed by atoms with Gasteiger partial charge in [-0.05, 0) is 39.2 Å². The van der Waals surface area contributed by atoms with Crippen LogP contribution < -0.4 is 0 Å². The lowest BCUT2D eigenvalue weighted by atomic mass is 10.0. The number of carboxylic acid groups (broad SMARTS) is 1. The molecule has 2 heterocycles. The summed E-state index contributed by atoms with van der Waals surface area (Å²) in [6.07, 6.45) is 5.90. The van der Waals surface area contributed by atoms with Crippen LogP contribution in [0.4, 0.5) is 0 Å². The Kier molecular flexibility index (Phi) is 3.20. The molecule has 1 aliphatic rings. The van der Waals surface area contributed by atoms with Crippen LogP contribution in [0, 0.1) is 5.92 Å². The zero-order valence-electron chi connectivity index (χ0n) is 11.8. The molecule has 0 aliphatic heterocycles. The first kappa shape index (κ1) is 13.1. The zero-order chi connectivity index (χ0) is 14.3. The smallest absolute Gasteiger partial charge is 0.306 e. The Hall–Kier alpha value is -1.91. The SMILES string of the molecule is CC(C)n1c(C2CCC(C(=O)O)C2)nc2cnccc21. The predicted octanol–water partition coefficient (Wildman–Crippen LogP) is 2.98. The van der Waals surface area contributed by atoms with E-state index in [2.05, 4.69) is 23.4 Å². The van der Waals surface area contributed by atoms with Crippen LogP contribution >= 0.6 is 0 Å². The monoisotopic (exact) mass is 273 g/mol. The van der Waals surface area contributed by atoms with E-state index in [-0.39, 0.29) is 11.8 Å². The van der Waals surface area contributed by atoms with Gasteiger partial charge in [0.2, 0.25) is 0 Å². The summed E-state index contributed by atoms with van der Waals surface area (Å²) in [6.45, 7) is 4.27. The van der Waals surface area contributed by atoms with Crippen molar-refractivity contribution in [1.29, 1.82) is 0 Å². The molecule has 1 N–H and O–H groups in total. The highest BCUT2D eigenvalue weighted by molar-refractivity contribution is 5.75. The van der Waals surface area contributed by atoms with E-state index < -0.39 is 5.97 Å². The Morgan fingerprint density at radius 3 is 2.90 bits per heavy atom. The van der Waals surface area contributed by atoms with E-state index in [1.165, 1.54) is 0 Å². The van der Waals surface area contributed by atoms with Gasteiger partial charge >= 0.3 is 5.97 Å². The average molecular weight is 273 g/mol. The van der Waals surface area contributed by atoms with Gasteiger partial charge in [0.05, 0.1) is 17.6 Å². The van der Waals surface area contributed by atoms with E-state index >= 15 is 0 Å². The molecule has 2 aromatic rings. The van der Waals surface area contributed by atoms with Gasteiger partial charge in [-0.15, -0.1) is 0 Å². The number of carboxylic acids is 1. The summed E-state index contributed by atoms with van der Waals surface area (Å²) < 4.78 is 2.23. The van der Waals surface area contributed by atoms with Crippen molar-refractivity contribution >= 4 is 17.0 Å². The molecule has 3 rings (SSSR count). The Morgan fingerprint density at radius 1 is 1.45 bits per heavy atom. The molecule has 2 atom stereocenters. The van der Waals surface area contributed by atoms with E-state index in [9.17, 15) is 4.79 Å². The molecule has 1 saturated carbocycles. The quantitative estimate of drug-likeness (QED) is 0.933. The lowest BCUT2D eigenvalue weighted by Gasteiger charge is -2.17. The van der Waals surface area contributed by atoms with Crippen LogP contribution in [0.1, 0.15) is 50.9 Å². The van der Waals surface area contributed by atoms with E-state index in [1.54, 1.807) is 12.4 Å². The molecule has 20 heavy (non-hydrogen) atoms. The first-order valence-electron chi connectivity index (χ1n) is 7.12. The van der Waals surface area contributed by atoms with Gasteiger partial charge in [-0.2, -0.15) is 0 Å². The van der Waals surface area contributed by atoms with Crippen molar-refractivity contribution in [1.82, 2.24) is 14.5 Å². The number of hydrogen-bond acceptors (Lipinski definition) is 3. The van der Waals surface area contributed by atoms with E-state index in [0.717, 1.165) is 29.7 Å². The van der Waals surface area contributed by atoms with Crippen molar-refractivity contribution in [3.63, 3.8) is 0 Å². The third-order valence-corrected chi connectivity index (χ3v) is 4.18. The van der Waals surface area contributed by atoms with Crippen molar-refractivity contribution in [2.24, 2.45) is 5.92 Å². The molecule has 1 fully saturated rings. The number of aromatic nitrogens is 3. The fourth-order valence-electron chi connectivity index (χ4n) is 3.24. The first-order chi connectivity index (χ1) is 9.58. The predicted molar refractivity (Wildman–Crippen MR) is 75.6 cm³/mol. The van der Waals surface area contributed by atoms with Crippen molar-refractivity contribution in [3.8, 4) is 0 Å². The largest absolute Gasteiger partial charge is 0.481 e. The van der Waals surface area contributed by atoms with Gasteiger partial charge in [0.15, 0.2) is 0 Å². The number of hydrogen-bond donors (Lipinski definition) is 1. The fourth-order valence-corrected chi connectivity index (χ4v) is 3.24. The summed E-state index contributed by atoms with van der Waals surface area (Å²) >= 11 is 0. The van der Waals surface area contributed by atoms with Crippen molar-refractivity contribution < 1.29 is 9.90 Å². The number of imidazole rings is 1. The standard InChI is InChI=1S/C15H19N3O2/c1-9(2)18-13-5-6-16-8-12(13)17-14(18)10-3-4-11(7-10)15(19)20/h5-6,8-11H,3-4,7H2,1-2H3,(H,19,20). The second kappa shape index (κ2) is 4.89. The van der Waals surface area contributed by atoms with Crippen molar-refractivity contribution in [2.45, 2.75) is 45.1 Å². The van der Waals surface area contributed by atoms with Crippen LogP contribution in [0.5, 0.6) is 0 Å². The summed E-state index contributed by atoms with van der Waals surface area (Å²) in [5.41, 5.74) is 1.98. The average Bonchev–Trinajstić information content (AvgIpc) is 3.02. The summed E-state index contributed by atoms with van der Waals surface area (Å²) in [5.74, 6) is 0.359. The van der Waals surface area contributed by atoms with E-state index in [0.29, 0.717) is 12.5 Å². The van der Waals surface area contributed by atoms with Crippen molar-refractivity contribution in [2.75, 3.05) is 0 Å². The molecular formula is C15H19N3O2. The molecule has 0 amide bonds. The van der Waals surface area contributed by atoms with Gasteiger partial charge in [0.1, 0.15) is 11.3 Å². The normalized spacial score (nSPS) is 22.8. The Labute approximate surface area is 117 Å². The lowest BCUT2D eigenvalue weighted by molar-refractivity contribution is -0.141. The molecule has 1 aliphatic carbocycles. The molecule has 0 radical (unpaired) electrons. The molecule has 0 spiro atoms. The highest BCUT2D eigenvalue weighted by Gasteiger charge is 2.33. The highest BCUT2D eigenvalue weighted by atomic mass is 16.4. The molecule has 5 nitrogen and oxygen atoms in total. The second-order valence-corrected chi connectivity index (χ2v) is 5.84. The molecule has 0 bridgehead atoms. The molecular weight excluding hydrogens is 254 g/mol. The van der Waals surface area contributed by atoms with Crippen LogP contribution in [0.25, 0.3) is 11.0 Å². The van der Waals surface area contributed by atoms with Gasteiger partial charge in [-0.25, -0.2) is 4.98 Å². The first-order valence-corrected chi connectivity index (χ1v) is 7.12. The minimum absolute atomic E-state index is 0.224. The summed E-state index contributed by atoms with van der Waals surface area (Å²) in [4.78, 5) is 20.0. The van der Waals surface area contributed by atoms with Crippen LogP contribution in [0.3, 0.4) is 0 Å². The second-order valence-electron chi connectivity index (χ2n) is 5.84. The van der Waals surface area contributed by atoms with Crippen LogP contribution in [0.2, 0.25) is 0 Å². The third kappa shape index (κ3) is 2.07. The molecule has 0 aromatic carbocycles. The minimum atomic E-state index is -0.679. The van der Waals surface area contributed by atoms with E-state index in [1.807, 2.05) is 6.07 Å². The van der Waals surface area contributed by atoms with Gasteiger partial charge in [0, 0.05) is 18.2 Å². The Balaban J connectivity index is 2.03. The van der Waals surface area contributed by atoms with Gasteiger partial charge in [-0.3, -0.25) is 9.78 Å². The Morgan fingerprint density at radius 2 is 2.25 bits per heavy atom. The lowest BCUT2D eigenvalue weighted by Crippen LogP contribution is -2.12.